The quantitative estimate of drug-likeness (QED) is 0.809. The van der Waals surface area contributed by atoms with Crippen LogP contribution in [0.25, 0.3) is 0 Å². The molecule has 1 aromatic rings. The van der Waals surface area contributed by atoms with E-state index in [1.807, 2.05) is 13.8 Å². The van der Waals surface area contributed by atoms with E-state index in [9.17, 15) is 0 Å². The monoisotopic (exact) mass is 218 g/mol. The third-order valence-electron chi connectivity index (χ3n) is 2.05. The SMILES string of the molecule is CC(C)(CO)c1cc(Cl)ccc1Cl. The summed E-state index contributed by atoms with van der Waals surface area (Å²) in [4.78, 5) is 0. The molecule has 0 bridgehead atoms. The lowest BCUT2D eigenvalue weighted by Gasteiger charge is -2.23. The fraction of sp³-hybridized carbons (Fsp3) is 0.400. The highest BCUT2D eigenvalue weighted by molar-refractivity contribution is 6.33. The van der Waals surface area contributed by atoms with Gasteiger partial charge in [-0.15, -0.1) is 0 Å². The number of benzene rings is 1. The second-order valence-electron chi connectivity index (χ2n) is 3.67. The van der Waals surface area contributed by atoms with Crippen LogP contribution < -0.4 is 0 Å². The molecule has 3 heteroatoms. The van der Waals surface area contributed by atoms with Crippen molar-refractivity contribution < 1.29 is 5.11 Å². The topological polar surface area (TPSA) is 20.2 Å². The number of hydrogen-bond acceptors (Lipinski definition) is 1. The van der Waals surface area contributed by atoms with E-state index in [-0.39, 0.29) is 12.0 Å². The molecule has 1 nitrogen and oxygen atoms in total. The van der Waals surface area contributed by atoms with E-state index < -0.39 is 0 Å². The Bertz CT molecular complexity index is 308. The smallest absolute Gasteiger partial charge is 0.0523 e. The molecule has 0 aliphatic heterocycles. The lowest BCUT2D eigenvalue weighted by atomic mass is 9.86. The van der Waals surface area contributed by atoms with Gasteiger partial charge in [-0.25, -0.2) is 0 Å². The molecule has 0 aromatic heterocycles. The molecule has 0 saturated carbocycles. The first-order chi connectivity index (χ1) is 5.97. The van der Waals surface area contributed by atoms with Crippen LogP contribution in [0.1, 0.15) is 19.4 Å². The van der Waals surface area contributed by atoms with E-state index >= 15 is 0 Å². The maximum Gasteiger partial charge on any atom is 0.0523 e. The molecule has 0 atom stereocenters. The lowest BCUT2D eigenvalue weighted by molar-refractivity contribution is 0.218. The number of halogens is 2. The van der Waals surface area contributed by atoms with E-state index in [1.165, 1.54) is 0 Å². The summed E-state index contributed by atoms with van der Waals surface area (Å²) in [6, 6.07) is 5.28. The summed E-state index contributed by atoms with van der Waals surface area (Å²) in [5, 5.41) is 10.4. The molecule has 1 N–H and O–H groups in total. The van der Waals surface area contributed by atoms with Gasteiger partial charge in [-0.3, -0.25) is 0 Å². The van der Waals surface area contributed by atoms with E-state index in [2.05, 4.69) is 0 Å². The van der Waals surface area contributed by atoms with E-state index in [4.69, 9.17) is 28.3 Å². The van der Waals surface area contributed by atoms with Crippen molar-refractivity contribution in [1.82, 2.24) is 0 Å². The Morgan fingerprint density at radius 2 is 1.92 bits per heavy atom. The second-order valence-corrected chi connectivity index (χ2v) is 4.51. The van der Waals surface area contributed by atoms with Crippen molar-refractivity contribution >= 4 is 23.2 Å². The summed E-state index contributed by atoms with van der Waals surface area (Å²) in [5.41, 5.74) is 0.534. The highest BCUT2D eigenvalue weighted by atomic mass is 35.5. The Balaban J connectivity index is 3.20. The molecular weight excluding hydrogens is 207 g/mol. The third kappa shape index (κ3) is 2.37. The minimum absolute atomic E-state index is 0.0487. The van der Waals surface area contributed by atoms with Crippen LogP contribution in [0.5, 0.6) is 0 Å². The van der Waals surface area contributed by atoms with Gasteiger partial charge >= 0.3 is 0 Å². The molecule has 1 aromatic carbocycles. The van der Waals surface area contributed by atoms with Crippen LogP contribution in [0.2, 0.25) is 10.0 Å². The van der Waals surface area contributed by atoms with E-state index in [0.717, 1.165) is 5.56 Å². The molecular formula is C10H12Cl2O. The van der Waals surface area contributed by atoms with Crippen LogP contribution in [0.4, 0.5) is 0 Å². The van der Waals surface area contributed by atoms with Gasteiger partial charge in [0.25, 0.3) is 0 Å². The van der Waals surface area contributed by atoms with Crippen molar-refractivity contribution in [3.63, 3.8) is 0 Å². The molecule has 0 amide bonds. The molecule has 0 radical (unpaired) electrons. The molecule has 0 aliphatic rings. The van der Waals surface area contributed by atoms with Crippen molar-refractivity contribution in [2.45, 2.75) is 19.3 Å². The van der Waals surface area contributed by atoms with Gasteiger partial charge in [-0.2, -0.15) is 0 Å². The Hall–Kier alpha value is -0.240. The highest BCUT2D eigenvalue weighted by Gasteiger charge is 2.22. The van der Waals surface area contributed by atoms with Crippen LogP contribution >= 0.6 is 23.2 Å². The minimum atomic E-state index is -0.345. The standard InChI is InChI=1S/C10H12Cl2O/c1-10(2,6-13)8-5-7(11)3-4-9(8)12/h3-5,13H,6H2,1-2H3. The summed E-state index contributed by atoms with van der Waals surface area (Å²) in [6.07, 6.45) is 0. The zero-order chi connectivity index (χ0) is 10.1. The normalized spacial score (nSPS) is 11.8. The largest absolute Gasteiger partial charge is 0.395 e. The Kier molecular flexibility index (Phi) is 3.23. The predicted octanol–water partition coefficient (Wildman–Crippen LogP) is 3.26. The molecule has 0 unspecified atom stereocenters. The van der Waals surface area contributed by atoms with Crippen molar-refractivity contribution in [3.8, 4) is 0 Å². The number of hydrogen-bond donors (Lipinski definition) is 1. The summed E-state index contributed by atoms with van der Waals surface area (Å²) >= 11 is 11.8. The van der Waals surface area contributed by atoms with Crippen molar-refractivity contribution in [1.29, 1.82) is 0 Å². The molecule has 0 aliphatic carbocycles. The molecule has 72 valence electrons. The summed E-state index contributed by atoms with van der Waals surface area (Å²) in [5.74, 6) is 0. The van der Waals surface area contributed by atoms with Gasteiger partial charge in [0.05, 0.1) is 6.61 Å². The van der Waals surface area contributed by atoms with Crippen molar-refractivity contribution in [2.75, 3.05) is 6.61 Å². The molecule has 0 fully saturated rings. The zero-order valence-electron chi connectivity index (χ0n) is 7.64. The average Bonchev–Trinajstić information content (AvgIpc) is 2.09. The van der Waals surface area contributed by atoms with Crippen LogP contribution in [0.15, 0.2) is 18.2 Å². The Morgan fingerprint density at radius 3 is 2.46 bits per heavy atom. The summed E-state index contributed by atoms with van der Waals surface area (Å²) in [6.45, 7) is 3.89. The van der Waals surface area contributed by atoms with Crippen molar-refractivity contribution in [2.24, 2.45) is 0 Å². The Labute approximate surface area is 88.3 Å². The third-order valence-corrected chi connectivity index (χ3v) is 2.62. The number of aliphatic hydroxyl groups is 1. The predicted molar refractivity (Wildman–Crippen MR) is 56.6 cm³/mol. The summed E-state index contributed by atoms with van der Waals surface area (Å²) < 4.78 is 0. The maximum atomic E-state index is 9.16. The van der Waals surface area contributed by atoms with Gasteiger partial charge in [-0.1, -0.05) is 37.0 Å². The van der Waals surface area contributed by atoms with Gasteiger partial charge in [0.2, 0.25) is 0 Å². The highest BCUT2D eigenvalue weighted by Crippen LogP contribution is 2.31. The van der Waals surface area contributed by atoms with Crippen molar-refractivity contribution in [3.05, 3.63) is 33.8 Å². The first-order valence-corrected chi connectivity index (χ1v) is 4.79. The fourth-order valence-electron chi connectivity index (χ4n) is 1.10. The first kappa shape index (κ1) is 10.8. The van der Waals surface area contributed by atoms with E-state index in [0.29, 0.717) is 10.0 Å². The first-order valence-electron chi connectivity index (χ1n) is 4.04. The number of aliphatic hydroxyl groups excluding tert-OH is 1. The minimum Gasteiger partial charge on any atom is -0.395 e. The summed E-state index contributed by atoms with van der Waals surface area (Å²) in [7, 11) is 0. The van der Waals surface area contributed by atoms with E-state index in [1.54, 1.807) is 18.2 Å². The lowest BCUT2D eigenvalue weighted by Crippen LogP contribution is -2.22. The maximum absolute atomic E-state index is 9.16. The molecule has 0 heterocycles. The van der Waals surface area contributed by atoms with Gasteiger partial charge in [-0.05, 0) is 23.8 Å². The molecule has 1 rings (SSSR count). The van der Waals surface area contributed by atoms with Gasteiger partial charge < -0.3 is 5.11 Å². The molecule has 0 spiro atoms. The molecule has 13 heavy (non-hydrogen) atoms. The van der Waals surface area contributed by atoms with Crippen LogP contribution in [0.3, 0.4) is 0 Å². The van der Waals surface area contributed by atoms with Gasteiger partial charge in [0, 0.05) is 15.5 Å². The number of rotatable bonds is 2. The van der Waals surface area contributed by atoms with Crippen LogP contribution in [-0.4, -0.2) is 11.7 Å². The van der Waals surface area contributed by atoms with Crippen LogP contribution in [0, 0.1) is 0 Å². The average molecular weight is 219 g/mol. The van der Waals surface area contributed by atoms with Gasteiger partial charge in [0.1, 0.15) is 0 Å². The van der Waals surface area contributed by atoms with Gasteiger partial charge in [0.15, 0.2) is 0 Å². The fourth-order valence-corrected chi connectivity index (χ4v) is 1.65. The Morgan fingerprint density at radius 1 is 1.31 bits per heavy atom. The molecule has 0 saturated heterocycles. The zero-order valence-corrected chi connectivity index (χ0v) is 9.15. The van der Waals surface area contributed by atoms with Crippen LogP contribution in [-0.2, 0) is 5.41 Å². The second kappa shape index (κ2) is 3.87.